The number of hydrogen-bond acceptors (Lipinski definition) is 4. The first kappa shape index (κ1) is 24.1. The van der Waals surface area contributed by atoms with Gasteiger partial charge in [0.1, 0.15) is 11.9 Å². The van der Waals surface area contributed by atoms with Gasteiger partial charge in [0.15, 0.2) is 0 Å². The summed E-state index contributed by atoms with van der Waals surface area (Å²) in [6.07, 6.45) is 1.98. The number of piperazine rings is 1. The third-order valence-corrected chi connectivity index (χ3v) is 5.93. The fourth-order valence-corrected chi connectivity index (χ4v) is 4.32. The standard InChI is InChI=1S/C22H27FN4O.2ClH/c1-16(27-11-3-4-19-20(24)5-2-6-21(19)27)22(28)26-14-12-25(13-15-26)18-9-7-17(23)8-10-18;;/h2,5-10,16H,3-4,11-15,24H2,1H3;2*1H. The predicted molar refractivity (Wildman–Crippen MR) is 126 cm³/mol. The third kappa shape index (κ3) is 4.76. The van der Waals surface area contributed by atoms with Crippen molar-refractivity contribution in [3.63, 3.8) is 0 Å². The fourth-order valence-electron chi connectivity index (χ4n) is 4.32. The second-order valence-electron chi connectivity index (χ2n) is 7.61. The van der Waals surface area contributed by atoms with Crippen LogP contribution in [0, 0.1) is 5.82 Å². The Morgan fingerprint density at radius 2 is 1.67 bits per heavy atom. The zero-order valence-corrected chi connectivity index (χ0v) is 18.7. The van der Waals surface area contributed by atoms with Crippen molar-refractivity contribution in [1.29, 1.82) is 0 Å². The van der Waals surface area contributed by atoms with E-state index in [0.29, 0.717) is 13.1 Å². The molecule has 4 rings (SSSR count). The molecule has 0 aromatic heterocycles. The lowest BCUT2D eigenvalue weighted by Crippen LogP contribution is -2.55. The van der Waals surface area contributed by atoms with Crippen molar-refractivity contribution in [1.82, 2.24) is 4.90 Å². The number of benzene rings is 2. The summed E-state index contributed by atoms with van der Waals surface area (Å²) in [4.78, 5) is 19.5. The summed E-state index contributed by atoms with van der Waals surface area (Å²) in [5, 5.41) is 0. The van der Waals surface area contributed by atoms with Crippen LogP contribution in [0.5, 0.6) is 0 Å². The molecule has 164 valence electrons. The highest BCUT2D eigenvalue weighted by atomic mass is 35.5. The number of fused-ring (bicyclic) bond motifs is 1. The molecule has 2 aromatic rings. The zero-order chi connectivity index (χ0) is 19.7. The lowest BCUT2D eigenvalue weighted by Gasteiger charge is -2.41. The highest BCUT2D eigenvalue weighted by Gasteiger charge is 2.31. The van der Waals surface area contributed by atoms with Crippen molar-refractivity contribution in [3.05, 3.63) is 53.8 Å². The van der Waals surface area contributed by atoms with Gasteiger partial charge in [0, 0.05) is 49.8 Å². The van der Waals surface area contributed by atoms with Crippen molar-refractivity contribution < 1.29 is 9.18 Å². The fraction of sp³-hybridized carbons (Fsp3) is 0.409. The van der Waals surface area contributed by atoms with Gasteiger partial charge in [0.25, 0.3) is 0 Å². The van der Waals surface area contributed by atoms with Gasteiger partial charge in [-0.1, -0.05) is 6.07 Å². The number of amides is 1. The number of anilines is 3. The summed E-state index contributed by atoms with van der Waals surface area (Å²) in [5.41, 5.74) is 10.2. The van der Waals surface area contributed by atoms with Crippen LogP contribution in [0.25, 0.3) is 0 Å². The number of carbonyl (C=O) groups is 1. The Bertz CT molecular complexity index is 857. The molecule has 2 aliphatic rings. The normalized spacial score (nSPS) is 16.8. The van der Waals surface area contributed by atoms with E-state index in [2.05, 4.69) is 15.9 Å². The van der Waals surface area contributed by atoms with E-state index in [4.69, 9.17) is 5.73 Å². The van der Waals surface area contributed by atoms with Gasteiger partial charge in [-0.15, -0.1) is 24.8 Å². The Hall–Kier alpha value is -2.18. The first-order chi connectivity index (χ1) is 13.5. The molecule has 0 radical (unpaired) electrons. The molecule has 30 heavy (non-hydrogen) atoms. The van der Waals surface area contributed by atoms with Crippen LogP contribution >= 0.6 is 24.8 Å². The van der Waals surface area contributed by atoms with Crippen LogP contribution < -0.4 is 15.5 Å². The van der Waals surface area contributed by atoms with Gasteiger partial charge in [-0.25, -0.2) is 4.39 Å². The molecule has 1 atom stereocenters. The van der Waals surface area contributed by atoms with Crippen LogP contribution in [0.3, 0.4) is 0 Å². The summed E-state index contributed by atoms with van der Waals surface area (Å²) in [6.45, 7) is 5.74. The van der Waals surface area contributed by atoms with Gasteiger partial charge in [-0.3, -0.25) is 4.79 Å². The van der Waals surface area contributed by atoms with E-state index >= 15 is 0 Å². The van der Waals surface area contributed by atoms with Crippen LogP contribution in [0.2, 0.25) is 0 Å². The van der Waals surface area contributed by atoms with Gasteiger partial charge in [0.05, 0.1) is 0 Å². The van der Waals surface area contributed by atoms with Crippen molar-refractivity contribution in [3.8, 4) is 0 Å². The molecule has 0 saturated carbocycles. The largest absolute Gasteiger partial charge is 0.398 e. The van der Waals surface area contributed by atoms with Gasteiger partial charge < -0.3 is 20.4 Å². The maximum atomic E-state index is 13.2. The molecule has 0 bridgehead atoms. The molecule has 1 unspecified atom stereocenters. The number of nitrogen functional groups attached to an aromatic ring is 1. The van der Waals surface area contributed by atoms with E-state index in [0.717, 1.165) is 55.1 Å². The Balaban J connectivity index is 0.00000160. The third-order valence-electron chi connectivity index (χ3n) is 5.93. The number of nitrogens with two attached hydrogens (primary N) is 1. The second-order valence-corrected chi connectivity index (χ2v) is 7.61. The number of hydrogen-bond donors (Lipinski definition) is 1. The molecular formula is C22H29Cl2FN4O. The SMILES string of the molecule is CC(C(=O)N1CCN(c2ccc(F)cc2)CC1)N1CCCc2c(N)cccc21.Cl.Cl. The predicted octanol–water partition coefficient (Wildman–Crippen LogP) is 3.74. The second kappa shape index (κ2) is 10.2. The molecule has 1 amide bonds. The molecule has 0 spiro atoms. The lowest BCUT2D eigenvalue weighted by molar-refractivity contribution is -0.132. The van der Waals surface area contributed by atoms with Crippen LogP contribution in [0.4, 0.5) is 21.5 Å². The van der Waals surface area contributed by atoms with Gasteiger partial charge in [-0.05, 0) is 61.7 Å². The molecule has 5 nitrogen and oxygen atoms in total. The van der Waals surface area contributed by atoms with E-state index in [1.54, 1.807) is 12.1 Å². The maximum absolute atomic E-state index is 13.2. The first-order valence-corrected chi connectivity index (χ1v) is 9.98. The van der Waals surface area contributed by atoms with Gasteiger partial charge >= 0.3 is 0 Å². The average molecular weight is 455 g/mol. The smallest absolute Gasteiger partial charge is 0.245 e. The Morgan fingerprint density at radius 1 is 1.00 bits per heavy atom. The molecule has 2 N–H and O–H groups in total. The number of carbonyl (C=O) groups excluding carboxylic acids is 1. The Labute approximate surface area is 189 Å². The molecule has 2 aliphatic heterocycles. The van der Waals surface area contributed by atoms with E-state index in [9.17, 15) is 9.18 Å². The van der Waals surface area contributed by atoms with Gasteiger partial charge in [-0.2, -0.15) is 0 Å². The molecular weight excluding hydrogens is 426 g/mol. The minimum absolute atomic E-state index is 0. The maximum Gasteiger partial charge on any atom is 0.245 e. The van der Waals surface area contributed by atoms with Crippen molar-refractivity contribution in [2.24, 2.45) is 0 Å². The summed E-state index contributed by atoms with van der Waals surface area (Å²) in [5.74, 6) is -0.0668. The topological polar surface area (TPSA) is 52.8 Å². The quantitative estimate of drug-likeness (QED) is 0.717. The van der Waals surface area contributed by atoms with Crippen molar-refractivity contribution in [2.75, 3.05) is 48.3 Å². The van der Waals surface area contributed by atoms with Crippen LogP contribution in [0.1, 0.15) is 18.9 Å². The molecule has 8 heteroatoms. The highest BCUT2D eigenvalue weighted by molar-refractivity contribution is 5.86. The Kier molecular flexibility index (Phi) is 8.21. The number of halogens is 3. The van der Waals surface area contributed by atoms with Crippen LogP contribution in [-0.2, 0) is 11.2 Å². The highest BCUT2D eigenvalue weighted by Crippen LogP contribution is 2.33. The summed E-state index contributed by atoms with van der Waals surface area (Å²) >= 11 is 0. The molecule has 2 heterocycles. The molecule has 2 aromatic carbocycles. The van der Waals surface area contributed by atoms with E-state index in [1.807, 2.05) is 24.0 Å². The molecule has 1 fully saturated rings. The summed E-state index contributed by atoms with van der Waals surface area (Å²) in [6, 6.07) is 12.3. The minimum atomic E-state index is -0.228. The van der Waals surface area contributed by atoms with E-state index < -0.39 is 0 Å². The zero-order valence-electron chi connectivity index (χ0n) is 17.1. The molecule has 1 saturated heterocycles. The van der Waals surface area contributed by atoms with Gasteiger partial charge in [0.2, 0.25) is 5.91 Å². The van der Waals surface area contributed by atoms with Crippen LogP contribution in [0.15, 0.2) is 42.5 Å². The lowest BCUT2D eigenvalue weighted by atomic mass is 9.98. The summed E-state index contributed by atoms with van der Waals surface area (Å²) < 4.78 is 13.1. The number of nitrogens with zero attached hydrogens (tertiary/aromatic N) is 3. The average Bonchev–Trinajstić information content (AvgIpc) is 2.73. The molecule has 0 aliphatic carbocycles. The van der Waals surface area contributed by atoms with Crippen molar-refractivity contribution in [2.45, 2.75) is 25.8 Å². The minimum Gasteiger partial charge on any atom is -0.398 e. The van der Waals surface area contributed by atoms with Crippen LogP contribution in [-0.4, -0.2) is 49.6 Å². The number of rotatable bonds is 3. The van der Waals surface area contributed by atoms with Crippen molar-refractivity contribution >= 4 is 47.8 Å². The first-order valence-electron chi connectivity index (χ1n) is 9.98. The summed E-state index contributed by atoms with van der Waals surface area (Å²) in [7, 11) is 0. The monoisotopic (exact) mass is 454 g/mol. The Morgan fingerprint density at radius 3 is 2.33 bits per heavy atom. The van der Waals surface area contributed by atoms with E-state index in [-0.39, 0.29) is 42.6 Å². The van der Waals surface area contributed by atoms with E-state index in [1.165, 1.54) is 12.1 Å².